The van der Waals surface area contributed by atoms with Crippen LogP contribution < -0.4 is 24.8 Å². The molecule has 1 aliphatic carbocycles. The molecule has 26 heavy (non-hydrogen) atoms. The fraction of sp³-hybridized carbons (Fsp3) is 0.182. The van der Waals surface area contributed by atoms with Gasteiger partial charge in [0.25, 0.3) is 0 Å². The van der Waals surface area contributed by atoms with Crippen LogP contribution in [0.25, 0.3) is 28.0 Å². The molecule has 0 aromatic heterocycles. The van der Waals surface area contributed by atoms with E-state index < -0.39 is 0 Å². The summed E-state index contributed by atoms with van der Waals surface area (Å²) in [5, 5.41) is 2.65. The van der Waals surface area contributed by atoms with Gasteiger partial charge in [0.05, 0.1) is 0 Å². The molecule has 0 spiro atoms. The van der Waals surface area contributed by atoms with Crippen LogP contribution in [-0.4, -0.2) is 9.52 Å². The van der Waals surface area contributed by atoms with Gasteiger partial charge in [-0.1, -0.05) is 13.1 Å². The SMILES string of the molecule is CC1=Cc2c(-c3cccc4ccccc34)cccc2[CH]1[Zr+2].C[SiH2]C.[Cl-].[Cl-]. The molecular weight excluding hydrogens is 454 g/mol. The normalized spacial score (nSPS) is 14.3. The molecule has 0 saturated heterocycles. The first-order valence-electron chi connectivity index (χ1n) is 8.67. The van der Waals surface area contributed by atoms with Crippen LogP contribution in [0.3, 0.4) is 0 Å². The van der Waals surface area contributed by atoms with Crippen molar-refractivity contribution < 1.29 is 49.5 Å². The standard InChI is InChI=1S/C20H15.C2H8Si.2ClH.Zr/c1-14-12-16-8-5-11-19(20(16)13-14)18-10-4-7-15-6-2-3-9-17(15)18;1-3-2;;;/h2-13H,1H3;3H2,1-2H3;2*1H;/q;;;;+2/p-2. The molecule has 3 aromatic carbocycles. The molecule has 0 radical (unpaired) electrons. The van der Waals surface area contributed by atoms with Crippen molar-refractivity contribution in [1.29, 1.82) is 0 Å². The van der Waals surface area contributed by atoms with Gasteiger partial charge in [0.15, 0.2) is 0 Å². The molecule has 0 bridgehead atoms. The summed E-state index contributed by atoms with van der Waals surface area (Å²) in [4.78, 5) is 0. The van der Waals surface area contributed by atoms with Gasteiger partial charge in [0, 0.05) is 9.52 Å². The fourth-order valence-electron chi connectivity index (χ4n) is 3.25. The van der Waals surface area contributed by atoms with Crippen molar-refractivity contribution >= 4 is 26.4 Å². The summed E-state index contributed by atoms with van der Waals surface area (Å²) in [6.07, 6.45) is 2.38. The van der Waals surface area contributed by atoms with Crippen molar-refractivity contribution in [3.8, 4) is 11.1 Å². The molecule has 0 saturated carbocycles. The first-order valence-corrected chi connectivity index (χ1v) is 12.9. The summed E-state index contributed by atoms with van der Waals surface area (Å²) >= 11 is 1.58. The van der Waals surface area contributed by atoms with Crippen LogP contribution in [0.2, 0.25) is 13.1 Å². The molecule has 0 aliphatic heterocycles. The van der Waals surface area contributed by atoms with Gasteiger partial charge in [-0.15, -0.1) is 0 Å². The molecule has 3 aromatic rings. The van der Waals surface area contributed by atoms with Gasteiger partial charge in [0.1, 0.15) is 0 Å². The quantitative estimate of drug-likeness (QED) is 0.425. The van der Waals surface area contributed by atoms with E-state index in [-0.39, 0.29) is 24.8 Å². The average Bonchev–Trinajstić information content (AvgIpc) is 2.90. The van der Waals surface area contributed by atoms with E-state index in [9.17, 15) is 0 Å². The van der Waals surface area contributed by atoms with Gasteiger partial charge >= 0.3 is 141 Å². The summed E-state index contributed by atoms with van der Waals surface area (Å²) in [7, 11) is 0.417. The third-order valence-corrected chi connectivity index (χ3v) is 6.24. The third kappa shape index (κ3) is 4.60. The number of hydrogen-bond acceptors (Lipinski definition) is 0. The van der Waals surface area contributed by atoms with Crippen molar-refractivity contribution in [2.24, 2.45) is 0 Å². The summed E-state index contributed by atoms with van der Waals surface area (Å²) < 4.78 is 0.627. The second-order valence-corrected chi connectivity index (χ2v) is 9.20. The maximum absolute atomic E-state index is 2.38. The van der Waals surface area contributed by atoms with E-state index in [0.29, 0.717) is 13.1 Å². The van der Waals surface area contributed by atoms with Gasteiger partial charge in [0.2, 0.25) is 0 Å². The molecule has 0 amide bonds. The Hall–Kier alpha value is -0.660. The van der Waals surface area contributed by atoms with Gasteiger partial charge in [-0.2, -0.15) is 0 Å². The first kappa shape index (κ1) is 23.4. The first-order chi connectivity index (χ1) is 11.7. The third-order valence-electron chi connectivity index (χ3n) is 4.36. The maximum atomic E-state index is 2.38. The molecule has 0 N–H and O–H groups in total. The minimum Gasteiger partial charge on any atom is -1.00 e. The van der Waals surface area contributed by atoms with E-state index in [1.807, 2.05) is 0 Å². The largest absolute Gasteiger partial charge is 1.00 e. The van der Waals surface area contributed by atoms with E-state index >= 15 is 0 Å². The topological polar surface area (TPSA) is 0 Å². The number of fused-ring (bicyclic) bond motifs is 2. The molecule has 0 fully saturated rings. The molecule has 1 unspecified atom stereocenters. The molecule has 0 nitrogen and oxygen atoms in total. The second-order valence-electron chi connectivity index (χ2n) is 6.36. The second kappa shape index (κ2) is 10.6. The van der Waals surface area contributed by atoms with Gasteiger partial charge in [-0.25, -0.2) is 0 Å². The Morgan fingerprint density at radius 3 is 2.12 bits per heavy atom. The van der Waals surface area contributed by atoms with E-state index in [4.69, 9.17) is 0 Å². The molecule has 4 rings (SSSR count). The monoisotopic (exact) mass is 475 g/mol. The van der Waals surface area contributed by atoms with Gasteiger partial charge in [-0.3, -0.25) is 0 Å². The van der Waals surface area contributed by atoms with Crippen molar-refractivity contribution in [2.75, 3.05) is 0 Å². The Morgan fingerprint density at radius 2 is 1.38 bits per heavy atom. The van der Waals surface area contributed by atoms with E-state index in [0.717, 1.165) is 0 Å². The molecule has 0 heterocycles. The minimum absolute atomic E-state index is 0. The van der Waals surface area contributed by atoms with E-state index in [2.05, 4.69) is 86.8 Å². The number of allylic oxidation sites excluding steroid dienone is 1. The number of halogens is 2. The summed E-state index contributed by atoms with van der Waals surface area (Å²) in [5.74, 6) is 0. The maximum Gasteiger partial charge on any atom is 0.0135 e. The summed E-state index contributed by atoms with van der Waals surface area (Å²) in [6, 6.07) is 22.0. The molecule has 1 atom stereocenters. The van der Waals surface area contributed by atoms with Crippen LogP contribution in [0.5, 0.6) is 0 Å². The number of hydrogen-bond donors (Lipinski definition) is 0. The van der Waals surface area contributed by atoms with E-state index in [1.165, 1.54) is 38.6 Å². The van der Waals surface area contributed by atoms with Crippen molar-refractivity contribution in [3.05, 3.63) is 77.4 Å². The van der Waals surface area contributed by atoms with E-state index in [1.54, 1.807) is 24.7 Å². The Balaban J connectivity index is 0.000000635. The molecule has 133 valence electrons. The Morgan fingerprint density at radius 1 is 0.808 bits per heavy atom. The van der Waals surface area contributed by atoms with Crippen LogP contribution in [0, 0.1) is 0 Å². The Kier molecular flexibility index (Phi) is 9.55. The van der Waals surface area contributed by atoms with Crippen molar-refractivity contribution in [3.63, 3.8) is 0 Å². The van der Waals surface area contributed by atoms with Crippen LogP contribution in [0.4, 0.5) is 0 Å². The zero-order valence-corrected chi connectivity index (χ0v) is 20.8. The van der Waals surface area contributed by atoms with Crippen molar-refractivity contribution in [1.82, 2.24) is 0 Å². The van der Waals surface area contributed by atoms with Crippen LogP contribution in [-0.2, 0) is 24.7 Å². The van der Waals surface area contributed by atoms with Crippen LogP contribution in [0.15, 0.2) is 66.2 Å². The zero-order chi connectivity index (χ0) is 17.1. The number of benzene rings is 3. The van der Waals surface area contributed by atoms with Gasteiger partial charge in [-0.05, 0) is 0 Å². The summed E-state index contributed by atoms with van der Waals surface area (Å²) in [6.45, 7) is 6.78. The summed E-state index contributed by atoms with van der Waals surface area (Å²) in [5.41, 5.74) is 7.13. The van der Waals surface area contributed by atoms with Crippen molar-refractivity contribution in [2.45, 2.75) is 23.6 Å². The molecule has 1 aliphatic rings. The molecular formula is C22H23Cl2SiZr. The smallest absolute Gasteiger partial charge is 0.0135 e. The van der Waals surface area contributed by atoms with Crippen LogP contribution >= 0.6 is 0 Å². The van der Waals surface area contributed by atoms with Gasteiger partial charge < -0.3 is 24.8 Å². The minimum atomic E-state index is 0. The van der Waals surface area contributed by atoms with Crippen LogP contribution in [0.1, 0.15) is 21.7 Å². The average molecular weight is 478 g/mol. The zero-order valence-electron chi connectivity index (χ0n) is 15.4. The number of rotatable bonds is 1. The predicted molar refractivity (Wildman–Crippen MR) is 106 cm³/mol. The Bertz CT molecular complexity index is 900. The fourth-order valence-corrected chi connectivity index (χ4v) is 4.07. The predicted octanol–water partition coefficient (Wildman–Crippen LogP) is -0.229. The molecule has 4 heteroatoms. The Labute approximate surface area is 187 Å².